The molecule has 132 valence electrons. The summed E-state index contributed by atoms with van der Waals surface area (Å²) in [6, 6.07) is 9.15. The van der Waals surface area contributed by atoms with E-state index in [4.69, 9.17) is 23.2 Å². The maximum Gasteiger partial charge on any atom is 0.238 e. The zero-order valence-electron chi connectivity index (χ0n) is 13.4. The lowest BCUT2D eigenvalue weighted by Crippen LogP contribution is -2.48. The van der Waals surface area contributed by atoms with Crippen LogP contribution in [0.2, 0.25) is 10.0 Å². The number of amides is 1. The van der Waals surface area contributed by atoms with E-state index in [2.05, 4.69) is 36.0 Å². The number of benzene rings is 1. The number of halogens is 3. The van der Waals surface area contributed by atoms with Gasteiger partial charge in [0.05, 0.1) is 22.3 Å². The van der Waals surface area contributed by atoms with Gasteiger partial charge in [-0.3, -0.25) is 9.69 Å². The predicted molar refractivity (Wildman–Crippen MR) is 106 cm³/mol. The lowest BCUT2D eigenvalue weighted by molar-refractivity contribution is -0.117. The lowest BCUT2D eigenvalue weighted by atomic mass is 10.3. The van der Waals surface area contributed by atoms with Gasteiger partial charge >= 0.3 is 0 Å². The number of hydrogen-bond acceptors (Lipinski definition) is 4. The molecular formula is C17H17BrCl2N4O. The molecule has 3 rings (SSSR count). The first-order valence-electron chi connectivity index (χ1n) is 7.85. The average molecular weight is 444 g/mol. The molecule has 1 saturated heterocycles. The second kappa shape index (κ2) is 8.36. The van der Waals surface area contributed by atoms with Crippen LogP contribution in [0, 0.1) is 0 Å². The molecule has 0 aliphatic carbocycles. The normalized spacial score (nSPS) is 15.2. The number of rotatable bonds is 4. The highest BCUT2D eigenvalue weighted by atomic mass is 79.9. The maximum absolute atomic E-state index is 12.2. The van der Waals surface area contributed by atoms with Crippen LogP contribution in [-0.4, -0.2) is 48.5 Å². The van der Waals surface area contributed by atoms with Gasteiger partial charge in [-0.05, 0) is 30.3 Å². The van der Waals surface area contributed by atoms with Crippen LogP contribution in [0.3, 0.4) is 0 Å². The van der Waals surface area contributed by atoms with Crippen molar-refractivity contribution in [2.45, 2.75) is 0 Å². The Morgan fingerprint density at radius 1 is 1.16 bits per heavy atom. The van der Waals surface area contributed by atoms with E-state index >= 15 is 0 Å². The fourth-order valence-corrected chi connectivity index (χ4v) is 3.51. The van der Waals surface area contributed by atoms with Crippen molar-refractivity contribution in [2.75, 3.05) is 42.9 Å². The molecule has 1 amide bonds. The molecule has 8 heteroatoms. The molecule has 0 spiro atoms. The molecule has 1 aromatic carbocycles. The van der Waals surface area contributed by atoms with E-state index in [1.807, 2.05) is 18.2 Å². The van der Waals surface area contributed by atoms with Crippen molar-refractivity contribution in [1.82, 2.24) is 9.88 Å². The molecule has 2 aromatic rings. The van der Waals surface area contributed by atoms with Crippen LogP contribution >= 0.6 is 39.1 Å². The van der Waals surface area contributed by atoms with Gasteiger partial charge in [0.1, 0.15) is 5.82 Å². The fraction of sp³-hybridized carbons (Fsp3) is 0.294. The highest BCUT2D eigenvalue weighted by Crippen LogP contribution is 2.25. The second-order valence-corrected chi connectivity index (χ2v) is 7.53. The number of piperazine rings is 1. The number of carbonyl (C=O) groups is 1. The molecule has 1 aromatic heterocycles. The van der Waals surface area contributed by atoms with Crippen molar-refractivity contribution in [3.8, 4) is 0 Å². The van der Waals surface area contributed by atoms with Gasteiger partial charge in [-0.1, -0.05) is 39.1 Å². The van der Waals surface area contributed by atoms with Gasteiger partial charge in [0.25, 0.3) is 0 Å². The van der Waals surface area contributed by atoms with Gasteiger partial charge in [-0.2, -0.15) is 0 Å². The summed E-state index contributed by atoms with van der Waals surface area (Å²) in [7, 11) is 0. The van der Waals surface area contributed by atoms with Crippen LogP contribution < -0.4 is 10.2 Å². The van der Waals surface area contributed by atoms with Crippen molar-refractivity contribution in [3.05, 3.63) is 51.0 Å². The Bertz CT molecular complexity index is 749. The van der Waals surface area contributed by atoms with Gasteiger partial charge < -0.3 is 10.2 Å². The van der Waals surface area contributed by atoms with Crippen molar-refractivity contribution >= 4 is 56.5 Å². The third-order valence-electron chi connectivity index (χ3n) is 3.98. The highest BCUT2D eigenvalue weighted by molar-refractivity contribution is 9.10. The number of anilines is 2. The molecule has 0 unspecified atom stereocenters. The summed E-state index contributed by atoms with van der Waals surface area (Å²) >= 11 is 15.4. The zero-order valence-corrected chi connectivity index (χ0v) is 16.5. The van der Waals surface area contributed by atoms with Crippen molar-refractivity contribution < 1.29 is 4.79 Å². The number of nitrogens with one attached hydrogen (secondary N) is 1. The Labute approximate surface area is 165 Å². The predicted octanol–water partition coefficient (Wildman–Crippen LogP) is 3.91. The Morgan fingerprint density at radius 3 is 2.56 bits per heavy atom. The van der Waals surface area contributed by atoms with Crippen molar-refractivity contribution in [1.29, 1.82) is 0 Å². The van der Waals surface area contributed by atoms with E-state index in [0.29, 0.717) is 22.3 Å². The van der Waals surface area contributed by atoms with Gasteiger partial charge in [-0.15, -0.1) is 0 Å². The fourth-order valence-electron chi connectivity index (χ4n) is 2.67. The summed E-state index contributed by atoms with van der Waals surface area (Å²) in [6.07, 6.45) is 1.65. The molecule has 0 atom stereocenters. The zero-order chi connectivity index (χ0) is 17.8. The maximum atomic E-state index is 12.2. The van der Waals surface area contributed by atoms with E-state index in [1.54, 1.807) is 18.3 Å². The summed E-state index contributed by atoms with van der Waals surface area (Å²) < 4.78 is 0.877. The SMILES string of the molecule is O=C(CN1CCN(c2ccc(Cl)cn2)CC1)Nc1ccc(Br)cc1Cl. The Morgan fingerprint density at radius 2 is 1.92 bits per heavy atom. The molecule has 25 heavy (non-hydrogen) atoms. The average Bonchev–Trinajstić information content (AvgIpc) is 2.59. The highest BCUT2D eigenvalue weighted by Gasteiger charge is 2.20. The Balaban J connectivity index is 1.50. The number of pyridine rings is 1. The number of nitrogens with zero attached hydrogens (tertiary/aromatic N) is 3. The van der Waals surface area contributed by atoms with Crippen LogP contribution in [0.5, 0.6) is 0 Å². The number of carbonyl (C=O) groups excluding carboxylic acids is 1. The first-order valence-corrected chi connectivity index (χ1v) is 9.40. The topological polar surface area (TPSA) is 48.5 Å². The molecule has 5 nitrogen and oxygen atoms in total. The van der Waals surface area contributed by atoms with E-state index in [9.17, 15) is 4.79 Å². The monoisotopic (exact) mass is 442 g/mol. The molecule has 0 bridgehead atoms. The van der Waals surface area contributed by atoms with Crippen LogP contribution in [0.25, 0.3) is 0 Å². The van der Waals surface area contributed by atoms with Crippen LogP contribution in [0.4, 0.5) is 11.5 Å². The second-order valence-electron chi connectivity index (χ2n) is 5.77. The molecule has 2 heterocycles. The van der Waals surface area contributed by atoms with Crippen LogP contribution in [0.15, 0.2) is 41.0 Å². The van der Waals surface area contributed by atoms with E-state index in [0.717, 1.165) is 36.5 Å². The van der Waals surface area contributed by atoms with Gasteiger partial charge in [0.15, 0.2) is 0 Å². The minimum Gasteiger partial charge on any atom is -0.354 e. The molecule has 1 aliphatic rings. The third kappa shape index (κ3) is 5.07. The first-order chi connectivity index (χ1) is 12.0. The van der Waals surface area contributed by atoms with E-state index in [1.165, 1.54) is 0 Å². The summed E-state index contributed by atoms with van der Waals surface area (Å²) in [5, 5.41) is 4.01. The molecular weight excluding hydrogens is 427 g/mol. The molecule has 0 radical (unpaired) electrons. The minimum atomic E-state index is -0.0673. The summed E-state index contributed by atoms with van der Waals surface area (Å²) in [5.41, 5.74) is 0.624. The quantitative estimate of drug-likeness (QED) is 0.778. The van der Waals surface area contributed by atoms with Gasteiger partial charge in [0, 0.05) is 36.8 Å². The van der Waals surface area contributed by atoms with Crippen molar-refractivity contribution in [2.24, 2.45) is 0 Å². The smallest absolute Gasteiger partial charge is 0.238 e. The van der Waals surface area contributed by atoms with Crippen LogP contribution in [0.1, 0.15) is 0 Å². The molecule has 1 N–H and O–H groups in total. The molecule has 1 fully saturated rings. The standard InChI is InChI=1S/C17H17BrCl2N4O/c18-12-1-3-15(14(20)9-12)22-17(25)11-23-5-7-24(8-6-23)16-4-2-13(19)10-21-16/h1-4,9-10H,5-8,11H2,(H,22,25). The summed E-state index contributed by atoms with van der Waals surface area (Å²) in [5.74, 6) is 0.845. The Kier molecular flexibility index (Phi) is 6.17. The van der Waals surface area contributed by atoms with Gasteiger partial charge in [0.2, 0.25) is 5.91 Å². The number of aromatic nitrogens is 1. The van der Waals surface area contributed by atoms with Crippen molar-refractivity contribution in [3.63, 3.8) is 0 Å². The molecule has 0 saturated carbocycles. The van der Waals surface area contributed by atoms with Gasteiger partial charge in [-0.25, -0.2) is 4.98 Å². The minimum absolute atomic E-state index is 0.0673. The third-order valence-corrected chi connectivity index (χ3v) is 5.01. The first kappa shape index (κ1) is 18.5. The lowest BCUT2D eigenvalue weighted by Gasteiger charge is -2.35. The Hall–Kier alpha value is -1.34. The van der Waals surface area contributed by atoms with Crippen LogP contribution in [-0.2, 0) is 4.79 Å². The van der Waals surface area contributed by atoms with E-state index in [-0.39, 0.29) is 5.91 Å². The summed E-state index contributed by atoms with van der Waals surface area (Å²) in [6.45, 7) is 3.58. The summed E-state index contributed by atoms with van der Waals surface area (Å²) in [4.78, 5) is 20.9. The molecule has 1 aliphatic heterocycles. The number of hydrogen-bond donors (Lipinski definition) is 1. The van der Waals surface area contributed by atoms with E-state index < -0.39 is 0 Å². The largest absolute Gasteiger partial charge is 0.354 e.